The van der Waals surface area contributed by atoms with Crippen LogP contribution in [0.3, 0.4) is 0 Å². The molecule has 0 N–H and O–H groups in total. The molecule has 0 radical (unpaired) electrons. The first-order valence-corrected chi connectivity index (χ1v) is 8.31. The summed E-state index contributed by atoms with van der Waals surface area (Å²) in [5.41, 5.74) is 2.68. The highest BCUT2D eigenvalue weighted by atomic mass is 32.2. The average molecular weight is 296 g/mol. The number of aromatic nitrogens is 1. The van der Waals surface area contributed by atoms with Crippen molar-refractivity contribution in [3.63, 3.8) is 0 Å². The number of anilines is 1. The highest BCUT2D eigenvalue weighted by Crippen LogP contribution is 2.23. The summed E-state index contributed by atoms with van der Waals surface area (Å²) in [7, 11) is -1.84. The van der Waals surface area contributed by atoms with Crippen molar-refractivity contribution in [2.75, 3.05) is 11.4 Å². The average Bonchev–Trinajstić information content (AvgIpc) is 2.74. The molecule has 0 fully saturated rings. The molecule has 6 heteroatoms. The standard InChI is InChI=1S/C13H16N2O2S2/c1-10-5-4-6-12(7-10)9-19(16,17)15(3)13-14-11(2)8-18-13/h4-8H,9H2,1-3H3. The highest BCUT2D eigenvalue weighted by Gasteiger charge is 2.21. The van der Waals surface area contributed by atoms with Crippen molar-refractivity contribution in [3.8, 4) is 0 Å². The lowest BCUT2D eigenvalue weighted by Gasteiger charge is -2.16. The van der Waals surface area contributed by atoms with E-state index in [-0.39, 0.29) is 5.75 Å². The maximum Gasteiger partial charge on any atom is 0.240 e. The van der Waals surface area contributed by atoms with E-state index >= 15 is 0 Å². The molecule has 0 atom stereocenters. The Labute approximate surface area is 117 Å². The van der Waals surface area contributed by atoms with E-state index in [1.165, 1.54) is 15.6 Å². The molecule has 0 saturated heterocycles. The molecule has 2 aromatic rings. The van der Waals surface area contributed by atoms with Gasteiger partial charge in [0.15, 0.2) is 5.13 Å². The van der Waals surface area contributed by atoms with Gasteiger partial charge >= 0.3 is 0 Å². The van der Waals surface area contributed by atoms with Gasteiger partial charge in [-0.05, 0) is 19.4 Å². The summed E-state index contributed by atoms with van der Waals surface area (Å²) < 4.78 is 25.9. The summed E-state index contributed by atoms with van der Waals surface area (Å²) in [6.45, 7) is 3.80. The smallest absolute Gasteiger partial charge is 0.240 e. The van der Waals surface area contributed by atoms with Crippen molar-refractivity contribution in [2.45, 2.75) is 19.6 Å². The van der Waals surface area contributed by atoms with Crippen molar-refractivity contribution in [2.24, 2.45) is 0 Å². The van der Waals surface area contributed by atoms with E-state index in [0.717, 1.165) is 16.8 Å². The molecule has 1 heterocycles. The molecule has 0 saturated carbocycles. The minimum absolute atomic E-state index is 0.0101. The molecule has 0 unspecified atom stereocenters. The van der Waals surface area contributed by atoms with Crippen LogP contribution in [0.25, 0.3) is 0 Å². The summed E-state index contributed by atoms with van der Waals surface area (Å²) in [5.74, 6) is -0.0101. The van der Waals surface area contributed by atoms with E-state index in [1.54, 1.807) is 7.05 Å². The molecule has 2 rings (SSSR count). The van der Waals surface area contributed by atoms with E-state index in [0.29, 0.717) is 5.13 Å². The zero-order chi connectivity index (χ0) is 14.0. The maximum absolute atomic E-state index is 12.3. The Morgan fingerprint density at radius 2 is 2.05 bits per heavy atom. The van der Waals surface area contributed by atoms with Crippen LogP contribution in [0.4, 0.5) is 5.13 Å². The van der Waals surface area contributed by atoms with Gasteiger partial charge in [-0.3, -0.25) is 0 Å². The molecular formula is C13H16N2O2S2. The van der Waals surface area contributed by atoms with Gasteiger partial charge in [-0.25, -0.2) is 17.7 Å². The summed E-state index contributed by atoms with van der Waals surface area (Å²) in [4.78, 5) is 4.20. The van der Waals surface area contributed by atoms with Gasteiger partial charge in [-0.1, -0.05) is 29.8 Å². The van der Waals surface area contributed by atoms with Crippen molar-refractivity contribution in [1.82, 2.24) is 4.98 Å². The Kier molecular flexibility index (Phi) is 3.91. The van der Waals surface area contributed by atoms with Gasteiger partial charge in [0.1, 0.15) is 0 Å². The lowest BCUT2D eigenvalue weighted by Crippen LogP contribution is -2.27. The van der Waals surface area contributed by atoms with E-state index < -0.39 is 10.0 Å². The Morgan fingerprint density at radius 1 is 1.32 bits per heavy atom. The van der Waals surface area contributed by atoms with Crippen LogP contribution in [0.1, 0.15) is 16.8 Å². The summed E-state index contributed by atoms with van der Waals surface area (Å²) >= 11 is 1.33. The fourth-order valence-electron chi connectivity index (χ4n) is 1.71. The predicted octanol–water partition coefficient (Wildman–Crippen LogP) is 2.73. The Bertz CT molecular complexity index is 677. The number of thiazole rings is 1. The second kappa shape index (κ2) is 5.30. The first-order valence-electron chi connectivity index (χ1n) is 5.83. The summed E-state index contributed by atoms with van der Waals surface area (Å²) in [5, 5.41) is 2.35. The molecule has 0 spiro atoms. The predicted molar refractivity (Wildman–Crippen MR) is 79.1 cm³/mol. The van der Waals surface area contributed by atoms with Crippen LogP contribution in [-0.2, 0) is 15.8 Å². The van der Waals surface area contributed by atoms with E-state index in [4.69, 9.17) is 0 Å². The second-order valence-corrected chi connectivity index (χ2v) is 7.32. The van der Waals surface area contributed by atoms with Gasteiger partial charge in [-0.2, -0.15) is 0 Å². The van der Waals surface area contributed by atoms with Crippen LogP contribution in [0, 0.1) is 13.8 Å². The van der Waals surface area contributed by atoms with Crippen LogP contribution in [0.15, 0.2) is 29.6 Å². The third-order valence-corrected chi connectivity index (χ3v) is 5.58. The normalized spacial score (nSPS) is 11.5. The Balaban J connectivity index is 2.23. The minimum Gasteiger partial charge on any atom is -0.248 e. The maximum atomic E-state index is 12.3. The van der Waals surface area contributed by atoms with Crippen LogP contribution in [0.2, 0.25) is 0 Å². The molecule has 0 amide bonds. The van der Waals surface area contributed by atoms with Gasteiger partial charge in [0.05, 0.1) is 11.4 Å². The molecule has 0 aliphatic rings. The minimum atomic E-state index is -3.39. The number of nitrogens with zero attached hydrogens (tertiary/aromatic N) is 2. The van der Waals surface area contributed by atoms with Crippen LogP contribution in [-0.4, -0.2) is 20.4 Å². The first kappa shape index (κ1) is 14.0. The van der Waals surface area contributed by atoms with Crippen LogP contribution < -0.4 is 4.31 Å². The molecule has 1 aromatic heterocycles. The molecule has 0 bridgehead atoms. The van der Waals surface area contributed by atoms with E-state index in [9.17, 15) is 8.42 Å². The number of hydrogen-bond acceptors (Lipinski definition) is 4. The molecule has 102 valence electrons. The monoisotopic (exact) mass is 296 g/mol. The third kappa shape index (κ3) is 3.33. The zero-order valence-electron chi connectivity index (χ0n) is 11.1. The van der Waals surface area contributed by atoms with Crippen molar-refractivity contribution in [3.05, 3.63) is 46.5 Å². The Hall–Kier alpha value is -1.40. The highest BCUT2D eigenvalue weighted by molar-refractivity contribution is 7.92. The van der Waals surface area contributed by atoms with Crippen molar-refractivity contribution >= 4 is 26.5 Å². The van der Waals surface area contributed by atoms with Gasteiger partial charge < -0.3 is 0 Å². The molecular weight excluding hydrogens is 280 g/mol. The quantitative estimate of drug-likeness (QED) is 0.871. The molecule has 1 aromatic carbocycles. The van der Waals surface area contributed by atoms with Crippen molar-refractivity contribution < 1.29 is 8.42 Å². The molecule has 19 heavy (non-hydrogen) atoms. The second-order valence-electron chi connectivity index (χ2n) is 4.48. The number of rotatable bonds is 4. The number of sulfonamides is 1. The number of benzene rings is 1. The lowest BCUT2D eigenvalue weighted by atomic mass is 10.2. The lowest BCUT2D eigenvalue weighted by molar-refractivity contribution is 0.593. The van der Waals surface area contributed by atoms with E-state index in [2.05, 4.69) is 4.98 Å². The number of aryl methyl sites for hydroxylation is 2. The third-order valence-electron chi connectivity index (χ3n) is 2.73. The van der Waals surface area contributed by atoms with Crippen molar-refractivity contribution in [1.29, 1.82) is 0 Å². The van der Waals surface area contributed by atoms with Gasteiger partial charge in [0, 0.05) is 12.4 Å². The molecule has 0 aliphatic carbocycles. The Morgan fingerprint density at radius 3 is 2.63 bits per heavy atom. The number of hydrogen-bond donors (Lipinski definition) is 0. The topological polar surface area (TPSA) is 50.3 Å². The molecule has 4 nitrogen and oxygen atoms in total. The van der Waals surface area contributed by atoms with Gasteiger partial charge in [0.2, 0.25) is 10.0 Å². The zero-order valence-corrected chi connectivity index (χ0v) is 12.8. The first-order chi connectivity index (χ1) is 8.88. The van der Waals surface area contributed by atoms with Gasteiger partial charge in [-0.15, -0.1) is 11.3 Å². The van der Waals surface area contributed by atoms with E-state index in [1.807, 2.05) is 43.5 Å². The summed E-state index contributed by atoms with van der Waals surface area (Å²) in [6, 6.07) is 7.53. The van der Waals surface area contributed by atoms with Crippen LogP contribution in [0.5, 0.6) is 0 Å². The van der Waals surface area contributed by atoms with Gasteiger partial charge in [0.25, 0.3) is 0 Å². The fourth-order valence-corrected chi connectivity index (χ4v) is 3.93. The SMILES string of the molecule is Cc1cccc(CS(=O)(=O)N(C)c2nc(C)cs2)c1. The molecule has 0 aliphatic heterocycles. The fraction of sp³-hybridized carbons (Fsp3) is 0.308. The van der Waals surface area contributed by atoms with Crippen LogP contribution >= 0.6 is 11.3 Å². The summed E-state index contributed by atoms with van der Waals surface area (Å²) in [6.07, 6.45) is 0. The largest absolute Gasteiger partial charge is 0.248 e.